The number of fused-ring (bicyclic) bond motifs is 1. The number of hydrogen-bond acceptors (Lipinski definition) is 3. The third kappa shape index (κ3) is 3.89. The molecule has 1 saturated heterocycles. The molecule has 0 bridgehead atoms. The first kappa shape index (κ1) is 16.8. The zero-order valence-electron chi connectivity index (χ0n) is 14.3. The molecule has 2 amide bonds. The van der Waals surface area contributed by atoms with Crippen LogP contribution in [-0.4, -0.2) is 43.5 Å². The Hall–Kier alpha value is -2.04. The molecule has 0 unspecified atom stereocenters. The fourth-order valence-corrected chi connectivity index (χ4v) is 3.63. The summed E-state index contributed by atoms with van der Waals surface area (Å²) in [5.74, 6) is 0.889. The van der Waals surface area contributed by atoms with E-state index >= 15 is 0 Å². The fourth-order valence-electron chi connectivity index (χ4n) is 3.63. The van der Waals surface area contributed by atoms with Crippen LogP contribution in [0.1, 0.15) is 36.8 Å². The van der Waals surface area contributed by atoms with Crippen molar-refractivity contribution in [1.29, 1.82) is 0 Å². The van der Waals surface area contributed by atoms with Crippen molar-refractivity contribution in [1.82, 2.24) is 10.2 Å². The normalized spacial score (nSPS) is 18.0. The van der Waals surface area contributed by atoms with Crippen LogP contribution in [0.15, 0.2) is 18.2 Å². The van der Waals surface area contributed by atoms with Gasteiger partial charge in [-0.2, -0.15) is 0 Å². The first-order valence-corrected chi connectivity index (χ1v) is 8.91. The number of nitrogens with one attached hydrogen (secondary N) is 1. The number of carbonyl (C=O) groups excluding carboxylic acids is 2. The Kier molecular flexibility index (Phi) is 5.38. The van der Waals surface area contributed by atoms with E-state index in [1.165, 1.54) is 24.0 Å². The van der Waals surface area contributed by atoms with E-state index in [1.54, 1.807) is 11.9 Å². The van der Waals surface area contributed by atoms with E-state index in [9.17, 15) is 9.59 Å². The molecule has 0 radical (unpaired) electrons. The molecule has 1 aromatic carbocycles. The molecule has 1 fully saturated rings. The van der Waals surface area contributed by atoms with Gasteiger partial charge in [-0.05, 0) is 61.8 Å². The molecule has 1 N–H and O–H groups in total. The van der Waals surface area contributed by atoms with E-state index in [-0.39, 0.29) is 24.3 Å². The van der Waals surface area contributed by atoms with Crippen molar-refractivity contribution in [2.45, 2.75) is 38.5 Å². The summed E-state index contributed by atoms with van der Waals surface area (Å²) >= 11 is 0. The molecule has 5 nitrogen and oxygen atoms in total. The molecule has 1 aromatic rings. The molecule has 1 aliphatic heterocycles. The minimum Gasteiger partial charge on any atom is -0.484 e. The maximum Gasteiger partial charge on any atom is 0.260 e. The smallest absolute Gasteiger partial charge is 0.260 e. The number of amides is 2. The van der Waals surface area contributed by atoms with E-state index in [4.69, 9.17) is 4.74 Å². The molecule has 0 atom stereocenters. The van der Waals surface area contributed by atoms with E-state index in [0.717, 1.165) is 31.4 Å². The second kappa shape index (κ2) is 7.69. The van der Waals surface area contributed by atoms with E-state index in [1.807, 2.05) is 6.07 Å². The van der Waals surface area contributed by atoms with Crippen LogP contribution in [0, 0.1) is 5.92 Å². The fraction of sp³-hybridized carbons (Fsp3) is 0.579. The number of ether oxygens (including phenoxy) is 1. The van der Waals surface area contributed by atoms with Gasteiger partial charge in [0.25, 0.3) is 5.91 Å². The predicted molar refractivity (Wildman–Crippen MR) is 91.9 cm³/mol. The maximum absolute atomic E-state index is 12.3. The molecule has 2 aliphatic rings. The third-order valence-electron chi connectivity index (χ3n) is 5.15. The Morgan fingerprint density at radius 1 is 1.17 bits per heavy atom. The van der Waals surface area contributed by atoms with Crippen LogP contribution < -0.4 is 10.1 Å². The van der Waals surface area contributed by atoms with Gasteiger partial charge < -0.3 is 15.0 Å². The van der Waals surface area contributed by atoms with Gasteiger partial charge in [-0.25, -0.2) is 0 Å². The van der Waals surface area contributed by atoms with Crippen LogP contribution in [0.25, 0.3) is 0 Å². The number of carbonyl (C=O) groups is 2. The summed E-state index contributed by atoms with van der Waals surface area (Å²) in [6.45, 7) is 1.33. The van der Waals surface area contributed by atoms with E-state index in [2.05, 4.69) is 17.4 Å². The predicted octanol–water partition coefficient (Wildman–Crippen LogP) is 1.93. The summed E-state index contributed by atoms with van der Waals surface area (Å²) in [4.78, 5) is 25.7. The molecule has 3 rings (SSSR count). The average Bonchev–Trinajstić information content (AvgIpc) is 2.65. The molecule has 24 heavy (non-hydrogen) atoms. The maximum atomic E-state index is 12.3. The van der Waals surface area contributed by atoms with Gasteiger partial charge in [-0.3, -0.25) is 9.59 Å². The third-order valence-corrected chi connectivity index (χ3v) is 5.15. The first-order valence-electron chi connectivity index (χ1n) is 8.91. The van der Waals surface area contributed by atoms with Crippen LogP contribution >= 0.6 is 0 Å². The Morgan fingerprint density at radius 2 is 1.88 bits per heavy atom. The zero-order chi connectivity index (χ0) is 16.9. The van der Waals surface area contributed by atoms with Gasteiger partial charge >= 0.3 is 0 Å². The number of likely N-dealkylation sites (tertiary alicyclic amines) is 1. The van der Waals surface area contributed by atoms with Gasteiger partial charge in [0, 0.05) is 26.1 Å². The lowest BCUT2D eigenvalue weighted by Gasteiger charge is -2.31. The van der Waals surface area contributed by atoms with Crippen molar-refractivity contribution in [3.63, 3.8) is 0 Å². The number of benzene rings is 1. The second-order valence-electron chi connectivity index (χ2n) is 6.70. The molecular weight excluding hydrogens is 304 g/mol. The van der Waals surface area contributed by atoms with Gasteiger partial charge in [0.2, 0.25) is 5.91 Å². The van der Waals surface area contributed by atoms with Gasteiger partial charge in [-0.1, -0.05) is 6.07 Å². The highest BCUT2D eigenvalue weighted by molar-refractivity contribution is 5.80. The summed E-state index contributed by atoms with van der Waals surface area (Å²) in [7, 11) is 1.66. The summed E-state index contributed by atoms with van der Waals surface area (Å²) in [6, 6.07) is 6.18. The number of nitrogens with zero attached hydrogens (tertiary/aromatic N) is 1. The molecule has 130 valence electrons. The van der Waals surface area contributed by atoms with Crippen LogP contribution in [0.2, 0.25) is 0 Å². The Morgan fingerprint density at radius 3 is 2.58 bits per heavy atom. The van der Waals surface area contributed by atoms with Crippen molar-refractivity contribution in [3.05, 3.63) is 29.3 Å². The average molecular weight is 330 g/mol. The van der Waals surface area contributed by atoms with Gasteiger partial charge in [0.05, 0.1) is 0 Å². The van der Waals surface area contributed by atoms with Crippen LogP contribution in [0.5, 0.6) is 5.75 Å². The standard InChI is InChI=1S/C19H26N2O3/c1-20-19(23)15-8-10-21(11-9-15)18(22)13-24-17-7-6-14-4-2-3-5-16(14)12-17/h6-7,12,15H,2-5,8-11,13H2,1H3,(H,20,23). The summed E-state index contributed by atoms with van der Waals surface area (Å²) < 4.78 is 5.71. The van der Waals surface area contributed by atoms with Crippen LogP contribution in [0.3, 0.4) is 0 Å². The highest BCUT2D eigenvalue weighted by Crippen LogP contribution is 2.25. The monoisotopic (exact) mass is 330 g/mol. The summed E-state index contributed by atoms with van der Waals surface area (Å²) in [6.07, 6.45) is 6.20. The minimum atomic E-state index is 0.00285. The van der Waals surface area contributed by atoms with Crippen molar-refractivity contribution in [2.75, 3.05) is 26.7 Å². The molecule has 1 aliphatic carbocycles. The number of aryl methyl sites for hydroxylation is 2. The highest BCUT2D eigenvalue weighted by atomic mass is 16.5. The second-order valence-corrected chi connectivity index (χ2v) is 6.70. The largest absolute Gasteiger partial charge is 0.484 e. The number of rotatable bonds is 4. The van der Waals surface area contributed by atoms with E-state index < -0.39 is 0 Å². The van der Waals surface area contributed by atoms with Crippen molar-refractivity contribution in [2.24, 2.45) is 5.92 Å². The van der Waals surface area contributed by atoms with Gasteiger partial charge in [0.1, 0.15) is 5.75 Å². The van der Waals surface area contributed by atoms with Crippen molar-refractivity contribution < 1.29 is 14.3 Å². The Labute approximate surface area is 143 Å². The van der Waals surface area contributed by atoms with Crippen molar-refractivity contribution >= 4 is 11.8 Å². The highest BCUT2D eigenvalue weighted by Gasteiger charge is 2.26. The first-order chi connectivity index (χ1) is 11.7. The van der Waals surface area contributed by atoms with E-state index in [0.29, 0.717) is 13.1 Å². The van der Waals surface area contributed by atoms with Gasteiger partial charge in [0.15, 0.2) is 6.61 Å². The van der Waals surface area contributed by atoms with Gasteiger partial charge in [-0.15, -0.1) is 0 Å². The molecule has 1 heterocycles. The minimum absolute atomic E-state index is 0.00285. The number of piperidine rings is 1. The molecular formula is C19H26N2O3. The summed E-state index contributed by atoms with van der Waals surface area (Å²) in [5, 5.41) is 2.68. The Balaban J connectivity index is 1.48. The topological polar surface area (TPSA) is 58.6 Å². The quantitative estimate of drug-likeness (QED) is 0.918. The molecule has 0 spiro atoms. The molecule has 5 heteroatoms. The van der Waals surface area contributed by atoms with Crippen LogP contribution in [-0.2, 0) is 22.4 Å². The zero-order valence-corrected chi connectivity index (χ0v) is 14.3. The van der Waals surface area contributed by atoms with Crippen LogP contribution in [0.4, 0.5) is 0 Å². The SMILES string of the molecule is CNC(=O)C1CCN(C(=O)COc2ccc3c(c2)CCCC3)CC1. The lowest BCUT2D eigenvalue weighted by atomic mass is 9.92. The molecule has 0 aromatic heterocycles. The lowest BCUT2D eigenvalue weighted by molar-refractivity contribution is -0.137. The number of hydrogen-bond donors (Lipinski definition) is 1. The molecule has 0 saturated carbocycles. The summed E-state index contributed by atoms with van der Waals surface area (Å²) in [5.41, 5.74) is 2.77. The lowest BCUT2D eigenvalue weighted by Crippen LogP contribution is -2.44. The Bertz CT molecular complexity index is 607. The van der Waals surface area contributed by atoms with Crippen molar-refractivity contribution in [3.8, 4) is 5.75 Å².